The molecule has 0 atom stereocenters. The molecule has 3 rings (SSSR count). The van der Waals surface area contributed by atoms with Crippen molar-refractivity contribution in [3.63, 3.8) is 0 Å². The van der Waals surface area contributed by atoms with Gasteiger partial charge in [-0.2, -0.15) is 5.26 Å². The number of anilines is 1. The van der Waals surface area contributed by atoms with E-state index in [1.807, 2.05) is 0 Å². The quantitative estimate of drug-likeness (QED) is 0.812. The molecule has 0 fully saturated rings. The molecule has 0 spiro atoms. The second-order valence-corrected chi connectivity index (χ2v) is 5.12. The van der Waals surface area contributed by atoms with E-state index in [0.29, 0.717) is 22.9 Å². The summed E-state index contributed by atoms with van der Waals surface area (Å²) >= 11 is 6.00. The van der Waals surface area contributed by atoms with E-state index < -0.39 is 0 Å². The number of fused-ring (bicyclic) bond motifs is 1. The standard InChI is InChI=1S/C16H11ClN2O2/c17-13-3-6-15-12(7-13)9-19(16(20)10-21-15)14-4-1-11(8-18)2-5-14/h1-7H,9-10H2. The van der Waals surface area contributed by atoms with Crippen molar-refractivity contribution in [1.82, 2.24) is 0 Å². The predicted molar refractivity (Wildman–Crippen MR) is 79.3 cm³/mol. The van der Waals surface area contributed by atoms with Crippen molar-refractivity contribution < 1.29 is 9.53 Å². The molecule has 0 aliphatic carbocycles. The number of nitriles is 1. The van der Waals surface area contributed by atoms with Crippen molar-refractivity contribution in [1.29, 1.82) is 5.26 Å². The van der Waals surface area contributed by atoms with Gasteiger partial charge in [0.2, 0.25) is 0 Å². The van der Waals surface area contributed by atoms with Gasteiger partial charge in [0.05, 0.1) is 18.2 Å². The van der Waals surface area contributed by atoms with E-state index in [1.165, 1.54) is 0 Å². The number of halogens is 1. The van der Waals surface area contributed by atoms with Gasteiger partial charge in [0, 0.05) is 16.3 Å². The lowest BCUT2D eigenvalue weighted by Gasteiger charge is -2.20. The fraction of sp³-hybridized carbons (Fsp3) is 0.125. The van der Waals surface area contributed by atoms with Crippen LogP contribution >= 0.6 is 11.6 Å². The van der Waals surface area contributed by atoms with Crippen LogP contribution in [0, 0.1) is 11.3 Å². The highest BCUT2D eigenvalue weighted by molar-refractivity contribution is 6.30. The van der Waals surface area contributed by atoms with Gasteiger partial charge >= 0.3 is 0 Å². The summed E-state index contributed by atoms with van der Waals surface area (Å²) in [5.74, 6) is 0.538. The molecule has 0 N–H and O–H groups in total. The van der Waals surface area contributed by atoms with E-state index in [2.05, 4.69) is 6.07 Å². The number of hydrogen-bond donors (Lipinski definition) is 0. The van der Waals surface area contributed by atoms with Gasteiger partial charge in [0.15, 0.2) is 6.61 Å². The van der Waals surface area contributed by atoms with Gasteiger partial charge in [-0.15, -0.1) is 0 Å². The Kier molecular flexibility index (Phi) is 3.51. The minimum Gasteiger partial charge on any atom is -0.483 e. The first-order valence-electron chi connectivity index (χ1n) is 6.39. The van der Waals surface area contributed by atoms with Crippen LogP contribution in [-0.2, 0) is 11.3 Å². The first-order valence-corrected chi connectivity index (χ1v) is 6.77. The second-order valence-electron chi connectivity index (χ2n) is 4.68. The Balaban J connectivity index is 1.97. The molecule has 0 unspecified atom stereocenters. The first kappa shape index (κ1) is 13.5. The minimum absolute atomic E-state index is 0.0192. The normalized spacial score (nSPS) is 13.9. The van der Waals surface area contributed by atoms with Crippen molar-refractivity contribution >= 4 is 23.2 Å². The highest BCUT2D eigenvalue weighted by Gasteiger charge is 2.23. The van der Waals surface area contributed by atoms with Crippen LogP contribution in [0.2, 0.25) is 5.02 Å². The fourth-order valence-corrected chi connectivity index (χ4v) is 2.43. The maximum absolute atomic E-state index is 12.2. The molecule has 5 heteroatoms. The Labute approximate surface area is 127 Å². The average molecular weight is 299 g/mol. The van der Waals surface area contributed by atoms with E-state index in [9.17, 15) is 4.79 Å². The zero-order valence-corrected chi connectivity index (χ0v) is 11.8. The molecule has 104 valence electrons. The number of amides is 1. The number of ether oxygens (including phenoxy) is 1. The zero-order valence-electron chi connectivity index (χ0n) is 11.0. The van der Waals surface area contributed by atoms with Gasteiger partial charge in [-0.05, 0) is 42.5 Å². The average Bonchev–Trinajstić information content (AvgIpc) is 2.67. The van der Waals surface area contributed by atoms with Crippen molar-refractivity contribution in [2.24, 2.45) is 0 Å². The number of nitrogens with zero attached hydrogens (tertiary/aromatic N) is 2. The Morgan fingerprint density at radius 1 is 1.19 bits per heavy atom. The largest absolute Gasteiger partial charge is 0.483 e. The summed E-state index contributed by atoms with van der Waals surface area (Å²) in [6.07, 6.45) is 0. The topological polar surface area (TPSA) is 53.3 Å². The van der Waals surface area contributed by atoms with Crippen molar-refractivity contribution in [3.05, 3.63) is 58.6 Å². The molecule has 0 saturated heterocycles. The molecule has 21 heavy (non-hydrogen) atoms. The minimum atomic E-state index is -0.132. The highest BCUT2D eigenvalue weighted by Crippen LogP contribution is 2.29. The maximum Gasteiger partial charge on any atom is 0.265 e. The monoisotopic (exact) mass is 298 g/mol. The van der Waals surface area contributed by atoms with E-state index in [0.717, 1.165) is 11.3 Å². The molecule has 0 radical (unpaired) electrons. The zero-order chi connectivity index (χ0) is 14.8. The fourth-order valence-electron chi connectivity index (χ4n) is 2.24. The van der Waals surface area contributed by atoms with Gasteiger partial charge in [-0.3, -0.25) is 4.79 Å². The molecule has 1 aliphatic rings. The lowest BCUT2D eigenvalue weighted by molar-refractivity contribution is -0.120. The van der Waals surface area contributed by atoms with Crippen LogP contribution in [-0.4, -0.2) is 12.5 Å². The molecule has 4 nitrogen and oxygen atoms in total. The lowest BCUT2D eigenvalue weighted by atomic mass is 10.1. The van der Waals surface area contributed by atoms with Crippen LogP contribution in [0.15, 0.2) is 42.5 Å². The molecule has 0 aromatic heterocycles. The molecule has 2 aromatic carbocycles. The summed E-state index contributed by atoms with van der Waals surface area (Å²) in [4.78, 5) is 13.9. The Morgan fingerprint density at radius 2 is 1.95 bits per heavy atom. The van der Waals surface area contributed by atoms with Gasteiger partial charge in [0.1, 0.15) is 5.75 Å². The maximum atomic E-state index is 12.2. The number of carbonyl (C=O) groups is 1. The number of rotatable bonds is 1. The van der Waals surface area contributed by atoms with Crippen LogP contribution in [0.1, 0.15) is 11.1 Å². The van der Waals surface area contributed by atoms with E-state index in [1.54, 1.807) is 47.4 Å². The second kappa shape index (κ2) is 5.47. The Hall–Kier alpha value is -2.51. The van der Waals surface area contributed by atoms with Crippen molar-refractivity contribution in [2.45, 2.75) is 6.54 Å². The Morgan fingerprint density at radius 3 is 2.67 bits per heavy atom. The van der Waals surface area contributed by atoms with Gasteiger partial charge < -0.3 is 9.64 Å². The molecule has 0 saturated carbocycles. The summed E-state index contributed by atoms with van der Waals surface area (Å²) in [7, 11) is 0. The van der Waals surface area contributed by atoms with Gasteiger partial charge in [-0.25, -0.2) is 0 Å². The first-order chi connectivity index (χ1) is 10.2. The molecule has 1 heterocycles. The van der Waals surface area contributed by atoms with Gasteiger partial charge in [0.25, 0.3) is 5.91 Å². The van der Waals surface area contributed by atoms with Crippen LogP contribution in [0.4, 0.5) is 5.69 Å². The van der Waals surface area contributed by atoms with Crippen molar-refractivity contribution in [2.75, 3.05) is 11.5 Å². The van der Waals surface area contributed by atoms with E-state index in [4.69, 9.17) is 21.6 Å². The van der Waals surface area contributed by atoms with E-state index >= 15 is 0 Å². The van der Waals surface area contributed by atoms with Gasteiger partial charge in [-0.1, -0.05) is 11.6 Å². The smallest absolute Gasteiger partial charge is 0.265 e. The van der Waals surface area contributed by atoms with E-state index in [-0.39, 0.29) is 12.5 Å². The molecule has 1 amide bonds. The molecular weight excluding hydrogens is 288 g/mol. The third-order valence-corrected chi connectivity index (χ3v) is 3.55. The SMILES string of the molecule is N#Cc1ccc(N2Cc3cc(Cl)ccc3OCC2=O)cc1. The molecule has 1 aliphatic heterocycles. The van der Waals surface area contributed by atoms with Crippen LogP contribution < -0.4 is 9.64 Å². The Bertz CT molecular complexity index is 735. The van der Waals surface area contributed by atoms with Crippen LogP contribution in [0.5, 0.6) is 5.75 Å². The number of carbonyl (C=O) groups excluding carboxylic acids is 1. The summed E-state index contributed by atoms with van der Waals surface area (Å²) in [6.45, 7) is 0.370. The number of benzene rings is 2. The molecular formula is C16H11ClN2O2. The summed E-state index contributed by atoms with van der Waals surface area (Å²) < 4.78 is 5.51. The predicted octanol–water partition coefficient (Wildman–Crippen LogP) is 3.14. The molecule has 0 bridgehead atoms. The van der Waals surface area contributed by atoms with Crippen LogP contribution in [0.25, 0.3) is 0 Å². The third kappa shape index (κ3) is 2.69. The summed E-state index contributed by atoms with van der Waals surface area (Å²) in [6, 6.07) is 14.3. The summed E-state index contributed by atoms with van der Waals surface area (Å²) in [5, 5.41) is 9.43. The van der Waals surface area contributed by atoms with Crippen LogP contribution in [0.3, 0.4) is 0 Å². The van der Waals surface area contributed by atoms with Crippen molar-refractivity contribution in [3.8, 4) is 11.8 Å². The highest BCUT2D eigenvalue weighted by atomic mass is 35.5. The molecule has 2 aromatic rings. The third-order valence-electron chi connectivity index (χ3n) is 3.31. The summed E-state index contributed by atoms with van der Waals surface area (Å²) in [5.41, 5.74) is 2.15. The number of hydrogen-bond acceptors (Lipinski definition) is 3. The lowest BCUT2D eigenvalue weighted by Crippen LogP contribution is -2.32.